The molecule has 0 radical (unpaired) electrons. The lowest BCUT2D eigenvalue weighted by molar-refractivity contribution is 0.368. The molecule has 2 atom stereocenters. The molecule has 1 aliphatic rings. The Hall–Kier alpha value is -1.42. The van der Waals surface area contributed by atoms with E-state index in [0.29, 0.717) is 11.8 Å². The zero-order valence-corrected chi connectivity index (χ0v) is 11.4. The molecule has 0 spiro atoms. The fourth-order valence-electron chi connectivity index (χ4n) is 2.49. The minimum absolute atomic E-state index is 0.522. The summed E-state index contributed by atoms with van der Waals surface area (Å²) in [4.78, 5) is 0. The van der Waals surface area contributed by atoms with E-state index in [2.05, 4.69) is 5.32 Å². The summed E-state index contributed by atoms with van der Waals surface area (Å²) in [5.74, 6) is 3.67. The molecule has 0 unspecified atom stereocenters. The van der Waals surface area contributed by atoms with Crippen LogP contribution in [0.4, 0.5) is 0 Å². The molecule has 1 fully saturated rings. The second kappa shape index (κ2) is 5.48. The summed E-state index contributed by atoms with van der Waals surface area (Å²) in [6, 6.07) is 3.85. The van der Waals surface area contributed by atoms with Crippen molar-refractivity contribution in [2.45, 2.75) is 12.3 Å². The lowest BCUT2D eigenvalue weighted by Gasteiger charge is -2.15. The van der Waals surface area contributed by atoms with E-state index in [0.717, 1.165) is 23.8 Å². The summed E-state index contributed by atoms with van der Waals surface area (Å²) in [5, 5.41) is 3.22. The molecule has 0 amide bonds. The van der Waals surface area contributed by atoms with E-state index in [1.54, 1.807) is 21.3 Å². The Morgan fingerprint density at radius 3 is 2.17 bits per heavy atom. The van der Waals surface area contributed by atoms with E-state index < -0.39 is 0 Å². The highest BCUT2D eigenvalue weighted by molar-refractivity contribution is 5.54. The molecule has 1 aliphatic carbocycles. The SMILES string of the molecule is CNC[C@@H]1C[C@H]1c1c(OC)cc(OC)cc1OC. The largest absolute Gasteiger partial charge is 0.496 e. The second-order valence-corrected chi connectivity index (χ2v) is 4.61. The van der Waals surface area contributed by atoms with Gasteiger partial charge in [-0.25, -0.2) is 0 Å². The van der Waals surface area contributed by atoms with Crippen LogP contribution in [0.3, 0.4) is 0 Å². The van der Waals surface area contributed by atoms with Gasteiger partial charge in [0.15, 0.2) is 0 Å². The van der Waals surface area contributed by atoms with Crippen molar-refractivity contribution in [3.63, 3.8) is 0 Å². The first kappa shape index (κ1) is 13.0. The third kappa shape index (κ3) is 2.38. The van der Waals surface area contributed by atoms with Crippen LogP contribution in [0.5, 0.6) is 17.2 Å². The van der Waals surface area contributed by atoms with Gasteiger partial charge in [-0.1, -0.05) is 0 Å². The molecule has 4 heteroatoms. The fraction of sp³-hybridized carbons (Fsp3) is 0.571. The van der Waals surface area contributed by atoms with Gasteiger partial charge in [-0.2, -0.15) is 0 Å². The van der Waals surface area contributed by atoms with E-state index in [9.17, 15) is 0 Å². The Kier molecular flexibility index (Phi) is 3.97. The highest BCUT2D eigenvalue weighted by Crippen LogP contribution is 2.54. The normalized spacial score (nSPS) is 21.6. The minimum Gasteiger partial charge on any atom is -0.496 e. The van der Waals surface area contributed by atoms with Crippen molar-refractivity contribution < 1.29 is 14.2 Å². The van der Waals surface area contributed by atoms with Gasteiger partial charge in [0.2, 0.25) is 0 Å². The van der Waals surface area contributed by atoms with Crippen LogP contribution in [0.25, 0.3) is 0 Å². The number of hydrogen-bond donors (Lipinski definition) is 1. The van der Waals surface area contributed by atoms with Crippen molar-refractivity contribution in [3.8, 4) is 17.2 Å². The molecule has 0 aromatic heterocycles. The van der Waals surface area contributed by atoms with Gasteiger partial charge >= 0.3 is 0 Å². The van der Waals surface area contributed by atoms with Crippen LogP contribution < -0.4 is 19.5 Å². The summed E-state index contributed by atoms with van der Waals surface area (Å²) >= 11 is 0. The van der Waals surface area contributed by atoms with Crippen LogP contribution in [-0.4, -0.2) is 34.9 Å². The smallest absolute Gasteiger partial charge is 0.129 e. The Morgan fingerprint density at radius 2 is 1.72 bits per heavy atom. The number of nitrogens with one attached hydrogen (secondary N) is 1. The number of methoxy groups -OCH3 is 3. The van der Waals surface area contributed by atoms with Gasteiger partial charge < -0.3 is 19.5 Å². The highest BCUT2D eigenvalue weighted by atomic mass is 16.5. The van der Waals surface area contributed by atoms with Crippen LogP contribution in [0, 0.1) is 5.92 Å². The molecule has 1 aromatic carbocycles. The molecular weight excluding hydrogens is 230 g/mol. The third-order valence-corrected chi connectivity index (χ3v) is 3.51. The minimum atomic E-state index is 0.522. The van der Waals surface area contributed by atoms with Crippen molar-refractivity contribution in [1.29, 1.82) is 0 Å². The van der Waals surface area contributed by atoms with Gasteiger partial charge in [-0.3, -0.25) is 0 Å². The Balaban J connectivity index is 2.33. The lowest BCUT2D eigenvalue weighted by atomic mass is 10.1. The van der Waals surface area contributed by atoms with Gasteiger partial charge in [0.05, 0.1) is 21.3 Å². The van der Waals surface area contributed by atoms with E-state index >= 15 is 0 Å². The van der Waals surface area contributed by atoms with Crippen molar-refractivity contribution in [3.05, 3.63) is 17.7 Å². The van der Waals surface area contributed by atoms with Crippen LogP contribution >= 0.6 is 0 Å². The molecule has 2 rings (SSSR count). The molecular formula is C14H21NO3. The first-order chi connectivity index (χ1) is 8.74. The van der Waals surface area contributed by atoms with Crippen molar-refractivity contribution in [1.82, 2.24) is 5.32 Å². The summed E-state index contributed by atoms with van der Waals surface area (Å²) in [7, 11) is 7.01. The van der Waals surface area contributed by atoms with E-state index in [1.165, 1.54) is 12.0 Å². The summed E-state index contributed by atoms with van der Waals surface area (Å²) in [5.41, 5.74) is 1.17. The Bertz CT molecular complexity index is 394. The Labute approximate surface area is 108 Å². The average molecular weight is 251 g/mol. The third-order valence-electron chi connectivity index (χ3n) is 3.51. The monoisotopic (exact) mass is 251 g/mol. The van der Waals surface area contributed by atoms with Gasteiger partial charge in [0.1, 0.15) is 17.2 Å². The summed E-state index contributed by atoms with van der Waals surface area (Å²) < 4.78 is 16.2. The summed E-state index contributed by atoms with van der Waals surface area (Å²) in [6.07, 6.45) is 1.18. The van der Waals surface area contributed by atoms with Gasteiger partial charge in [0, 0.05) is 17.7 Å². The molecule has 18 heavy (non-hydrogen) atoms. The highest BCUT2D eigenvalue weighted by Gasteiger charge is 2.41. The van der Waals surface area contributed by atoms with Gasteiger partial charge in [-0.05, 0) is 31.8 Å². The molecule has 100 valence electrons. The van der Waals surface area contributed by atoms with E-state index in [1.807, 2.05) is 19.2 Å². The molecule has 0 aliphatic heterocycles. The number of rotatable bonds is 6. The molecule has 4 nitrogen and oxygen atoms in total. The summed E-state index contributed by atoms with van der Waals surface area (Å²) in [6.45, 7) is 1.03. The maximum atomic E-state index is 5.48. The van der Waals surface area contributed by atoms with Crippen molar-refractivity contribution in [2.75, 3.05) is 34.9 Å². The Morgan fingerprint density at radius 1 is 1.11 bits per heavy atom. The van der Waals surface area contributed by atoms with Crippen LogP contribution in [-0.2, 0) is 0 Å². The van der Waals surface area contributed by atoms with Gasteiger partial charge in [-0.15, -0.1) is 0 Å². The number of hydrogen-bond acceptors (Lipinski definition) is 4. The lowest BCUT2D eigenvalue weighted by Crippen LogP contribution is -2.10. The number of benzene rings is 1. The predicted octanol–water partition coefficient (Wildman–Crippen LogP) is 2.04. The molecule has 1 N–H and O–H groups in total. The first-order valence-corrected chi connectivity index (χ1v) is 6.19. The van der Waals surface area contributed by atoms with E-state index in [-0.39, 0.29) is 0 Å². The second-order valence-electron chi connectivity index (χ2n) is 4.61. The topological polar surface area (TPSA) is 39.7 Å². The van der Waals surface area contributed by atoms with Crippen molar-refractivity contribution in [2.24, 2.45) is 5.92 Å². The zero-order chi connectivity index (χ0) is 13.1. The van der Waals surface area contributed by atoms with Crippen molar-refractivity contribution >= 4 is 0 Å². The van der Waals surface area contributed by atoms with Gasteiger partial charge in [0.25, 0.3) is 0 Å². The van der Waals surface area contributed by atoms with Crippen LogP contribution in [0.15, 0.2) is 12.1 Å². The quantitative estimate of drug-likeness (QED) is 0.840. The maximum Gasteiger partial charge on any atom is 0.129 e. The molecule has 0 heterocycles. The average Bonchev–Trinajstić information content (AvgIpc) is 3.16. The molecule has 1 saturated carbocycles. The number of ether oxygens (including phenoxy) is 3. The molecule has 1 aromatic rings. The standard InChI is InChI=1S/C14H21NO3/c1-15-8-9-5-11(9)14-12(17-3)6-10(16-2)7-13(14)18-4/h6-7,9,11,15H,5,8H2,1-4H3/t9-,11+/m0/s1. The first-order valence-electron chi connectivity index (χ1n) is 6.19. The predicted molar refractivity (Wildman–Crippen MR) is 70.9 cm³/mol. The molecule has 0 bridgehead atoms. The van der Waals surface area contributed by atoms with Crippen LogP contribution in [0.1, 0.15) is 17.9 Å². The van der Waals surface area contributed by atoms with E-state index in [4.69, 9.17) is 14.2 Å². The van der Waals surface area contributed by atoms with Crippen LogP contribution in [0.2, 0.25) is 0 Å². The fourth-order valence-corrected chi connectivity index (χ4v) is 2.49. The maximum absolute atomic E-state index is 5.48. The molecule has 0 saturated heterocycles. The zero-order valence-electron chi connectivity index (χ0n) is 11.4.